The number of carbonyl (C=O) groups is 1. The molecule has 1 nitrogen and oxygen atoms in total. The number of hydrogen-bond donors (Lipinski definition) is 0. The van der Waals surface area contributed by atoms with Crippen molar-refractivity contribution in [2.24, 2.45) is 0 Å². The molecule has 15 heavy (non-hydrogen) atoms. The quantitative estimate of drug-likeness (QED) is 0.779. The van der Waals surface area contributed by atoms with E-state index in [9.17, 15) is 4.79 Å². The van der Waals surface area contributed by atoms with Crippen LogP contribution < -0.4 is 0 Å². The summed E-state index contributed by atoms with van der Waals surface area (Å²) in [5.41, 5.74) is 2.30. The number of hydrogen-bond acceptors (Lipinski definition) is 2. The van der Waals surface area contributed by atoms with Gasteiger partial charge in [-0.25, -0.2) is 0 Å². The molecule has 0 fully saturated rings. The van der Waals surface area contributed by atoms with Crippen LogP contribution in [-0.2, 0) is 11.2 Å². The Morgan fingerprint density at radius 3 is 2.67 bits per heavy atom. The van der Waals surface area contributed by atoms with Crippen LogP contribution in [0.3, 0.4) is 0 Å². The lowest BCUT2D eigenvalue weighted by atomic mass is 10.1. The second-order valence-corrected chi connectivity index (χ2v) is 4.94. The number of carbonyl (C=O) groups excluding carboxylic acids is 1. The molecule has 0 saturated carbocycles. The highest BCUT2D eigenvalue weighted by atomic mass is 79.9. The van der Waals surface area contributed by atoms with Gasteiger partial charge in [0, 0.05) is 26.7 Å². The zero-order chi connectivity index (χ0) is 10.7. The van der Waals surface area contributed by atoms with E-state index >= 15 is 0 Å². The average Bonchev–Trinajstić information content (AvgIpc) is 2.62. The van der Waals surface area contributed by atoms with Crippen LogP contribution in [0.4, 0.5) is 0 Å². The van der Waals surface area contributed by atoms with Crippen LogP contribution in [-0.4, -0.2) is 6.29 Å². The number of rotatable bonds is 3. The lowest BCUT2D eigenvalue weighted by Gasteiger charge is -2.02. The molecule has 0 spiro atoms. The monoisotopic (exact) mass is 280 g/mol. The highest BCUT2D eigenvalue weighted by Gasteiger charge is 2.10. The second-order valence-electron chi connectivity index (χ2n) is 3.12. The molecule has 2 aromatic rings. The first-order valence-electron chi connectivity index (χ1n) is 4.58. The molecule has 0 aliphatic heterocycles. The van der Waals surface area contributed by atoms with Crippen molar-refractivity contribution in [2.75, 3.05) is 0 Å². The molecule has 0 unspecified atom stereocenters. The molecule has 76 valence electrons. The largest absolute Gasteiger partial charge is 0.303 e. The van der Waals surface area contributed by atoms with E-state index in [1.54, 1.807) is 11.3 Å². The highest BCUT2D eigenvalue weighted by molar-refractivity contribution is 9.10. The van der Waals surface area contributed by atoms with E-state index in [1.807, 2.05) is 23.6 Å². The zero-order valence-electron chi connectivity index (χ0n) is 7.94. The summed E-state index contributed by atoms with van der Waals surface area (Å²) in [5.74, 6) is 0. The molecule has 0 N–H and O–H groups in total. The molecule has 1 aromatic heterocycles. The van der Waals surface area contributed by atoms with Crippen LogP contribution in [0.2, 0.25) is 0 Å². The maximum Gasteiger partial charge on any atom is 0.125 e. The first-order valence-corrected chi connectivity index (χ1v) is 6.25. The molecular formula is C12H9BrOS. The second kappa shape index (κ2) is 4.73. The van der Waals surface area contributed by atoms with Gasteiger partial charge in [0.05, 0.1) is 0 Å². The predicted molar refractivity (Wildman–Crippen MR) is 67.2 cm³/mol. The van der Waals surface area contributed by atoms with E-state index in [4.69, 9.17) is 0 Å². The number of halogens is 1. The normalized spacial score (nSPS) is 10.2. The maximum absolute atomic E-state index is 10.6. The topological polar surface area (TPSA) is 17.1 Å². The third-order valence-electron chi connectivity index (χ3n) is 2.15. The summed E-state index contributed by atoms with van der Waals surface area (Å²) in [4.78, 5) is 11.7. The first-order chi connectivity index (χ1) is 7.33. The molecule has 1 aromatic carbocycles. The van der Waals surface area contributed by atoms with Crippen molar-refractivity contribution in [3.05, 3.63) is 45.1 Å². The molecule has 2 rings (SSSR count). The standard InChI is InChI=1S/C12H9BrOS/c13-10-8-15-11(6-7-14)12(10)9-4-2-1-3-5-9/h1-5,7-8H,6H2. The van der Waals surface area contributed by atoms with Crippen LogP contribution in [0.25, 0.3) is 11.1 Å². The van der Waals surface area contributed by atoms with Crippen LogP contribution in [0.1, 0.15) is 4.88 Å². The van der Waals surface area contributed by atoms with Gasteiger partial charge in [0.15, 0.2) is 0 Å². The molecule has 0 atom stereocenters. The van der Waals surface area contributed by atoms with Crippen LogP contribution in [0, 0.1) is 0 Å². The van der Waals surface area contributed by atoms with E-state index in [2.05, 4.69) is 28.1 Å². The zero-order valence-corrected chi connectivity index (χ0v) is 10.3. The fourth-order valence-electron chi connectivity index (χ4n) is 1.50. The minimum absolute atomic E-state index is 0.487. The van der Waals surface area contributed by atoms with Gasteiger partial charge < -0.3 is 4.79 Å². The number of thiophene rings is 1. The Balaban J connectivity index is 2.51. The minimum Gasteiger partial charge on any atom is -0.303 e. The van der Waals surface area contributed by atoms with Gasteiger partial charge in [0.25, 0.3) is 0 Å². The number of aldehydes is 1. The molecule has 0 bridgehead atoms. The fraction of sp³-hybridized carbons (Fsp3) is 0.0833. The fourth-order valence-corrected chi connectivity index (χ4v) is 3.26. The van der Waals surface area contributed by atoms with Crippen molar-refractivity contribution >= 4 is 33.6 Å². The Morgan fingerprint density at radius 2 is 2.00 bits per heavy atom. The van der Waals surface area contributed by atoms with Gasteiger partial charge in [0.2, 0.25) is 0 Å². The molecule has 3 heteroatoms. The van der Waals surface area contributed by atoms with Gasteiger partial charge in [-0.15, -0.1) is 11.3 Å². The minimum atomic E-state index is 0.487. The summed E-state index contributed by atoms with van der Waals surface area (Å²) >= 11 is 5.14. The van der Waals surface area contributed by atoms with Crippen molar-refractivity contribution < 1.29 is 4.79 Å². The van der Waals surface area contributed by atoms with E-state index in [-0.39, 0.29) is 0 Å². The van der Waals surface area contributed by atoms with Gasteiger partial charge in [-0.05, 0) is 21.5 Å². The lowest BCUT2D eigenvalue weighted by Crippen LogP contribution is -1.85. The molecular weight excluding hydrogens is 272 g/mol. The Labute approximate surface area is 101 Å². The lowest BCUT2D eigenvalue weighted by molar-refractivity contribution is -0.107. The Hall–Kier alpha value is -0.930. The summed E-state index contributed by atoms with van der Waals surface area (Å²) in [7, 11) is 0. The van der Waals surface area contributed by atoms with Crippen LogP contribution in [0.5, 0.6) is 0 Å². The molecule has 0 amide bonds. The smallest absolute Gasteiger partial charge is 0.125 e. The summed E-state index contributed by atoms with van der Waals surface area (Å²) in [6.45, 7) is 0. The van der Waals surface area contributed by atoms with E-state index in [0.717, 1.165) is 26.8 Å². The van der Waals surface area contributed by atoms with Crippen molar-refractivity contribution in [3.8, 4) is 11.1 Å². The van der Waals surface area contributed by atoms with E-state index < -0.39 is 0 Å². The molecule has 0 radical (unpaired) electrons. The molecule has 0 aliphatic rings. The van der Waals surface area contributed by atoms with Crippen LogP contribution in [0.15, 0.2) is 40.2 Å². The maximum atomic E-state index is 10.6. The number of benzene rings is 1. The Bertz CT molecular complexity index is 462. The third kappa shape index (κ3) is 2.19. The van der Waals surface area contributed by atoms with Gasteiger partial charge in [-0.3, -0.25) is 0 Å². The molecule has 1 heterocycles. The van der Waals surface area contributed by atoms with Crippen LogP contribution >= 0.6 is 27.3 Å². The Kier molecular flexibility index (Phi) is 3.34. The van der Waals surface area contributed by atoms with Crippen molar-refractivity contribution in [1.82, 2.24) is 0 Å². The summed E-state index contributed by atoms with van der Waals surface area (Å²) in [5, 5.41) is 2.03. The third-order valence-corrected chi connectivity index (χ3v) is 4.09. The predicted octanol–water partition coefficient (Wildman–Crippen LogP) is 3.92. The van der Waals surface area contributed by atoms with E-state index in [1.165, 1.54) is 0 Å². The SMILES string of the molecule is O=CCc1scc(Br)c1-c1ccccc1. The molecule has 0 saturated heterocycles. The van der Waals surface area contributed by atoms with Gasteiger partial charge in [-0.2, -0.15) is 0 Å². The summed E-state index contributed by atoms with van der Waals surface area (Å²) < 4.78 is 1.07. The van der Waals surface area contributed by atoms with Gasteiger partial charge in [0.1, 0.15) is 6.29 Å². The van der Waals surface area contributed by atoms with Crippen molar-refractivity contribution in [1.29, 1.82) is 0 Å². The van der Waals surface area contributed by atoms with Gasteiger partial charge in [-0.1, -0.05) is 30.3 Å². The summed E-state index contributed by atoms with van der Waals surface area (Å²) in [6, 6.07) is 10.1. The average molecular weight is 281 g/mol. The van der Waals surface area contributed by atoms with E-state index in [0.29, 0.717) is 6.42 Å². The van der Waals surface area contributed by atoms with Crippen molar-refractivity contribution in [2.45, 2.75) is 6.42 Å². The highest BCUT2D eigenvalue weighted by Crippen LogP contribution is 2.36. The van der Waals surface area contributed by atoms with Gasteiger partial charge >= 0.3 is 0 Å². The van der Waals surface area contributed by atoms with Crippen molar-refractivity contribution in [3.63, 3.8) is 0 Å². The Morgan fingerprint density at radius 1 is 1.27 bits per heavy atom. The summed E-state index contributed by atoms with van der Waals surface area (Å²) in [6.07, 6.45) is 1.44. The first kappa shape index (κ1) is 10.6. The molecule has 0 aliphatic carbocycles.